The van der Waals surface area contributed by atoms with Crippen molar-refractivity contribution in [3.05, 3.63) is 24.3 Å². The van der Waals surface area contributed by atoms with Gasteiger partial charge in [0.05, 0.1) is 38.6 Å². The molecule has 19 nitrogen and oxygen atoms in total. The first-order valence-electron chi connectivity index (χ1n) is 46.1. The number of carbonyl (C=O) groups excluding carboxylic acids is 1. The molecule has 0 aromatic rings. The van der Waals surface area contributed by atoms with Crippen molar-refractivity contribution in [3.8, 4) is 0 Å². The Kier molecular flexibility index (Phi) is 65.6. The monoisotopic (exact) mass is 1550 g/mol. The zero-order valence-electron chi connectivity index (χ0n) is 69.6. The van der Waals surface area contributed by atoms with Crippen LogP contribution in [-0.2, 0) is 33.2 Å². The van der Waals surface area contributed by atoms with Crippen LogP contribution in [0.2, 0.25) is 0 Å². The molecule has 3 heterocycles. The van der Waals surface area contributed by atoms with E-state index in [4.69, 9.17) is 28.4 Å². The third kappa shape index (κ3) is 49.2. The molecule has 0 saturated carbocycles. The molecule has 1 amide bonds. The van der Waals surface area contributed by atoms with E-state index >= 15 is 0 Å². The fourth-order valence-corrected chi connectivity index (χ4v) is 15.9. The number of hydrogen-bond acceptors (Lipinski definition) is 18. The van der Waals surface area contributed by atoms with Crippen LogP contribution in [-0.4, -0.2) is 193 Å². The third-order valence-electron chi connectivity index (χ3n) is 23.2. The van der Waals surface area contributed by atoms with E-state index in [1.807, 2.05) is 6.08 Å². The first kappa shape index (κ1) is 101. The van der Waals surface area contributed by atoms with Gasteiger partial charge in [0.1, 0.15) is 73.2 Å². The van der Waals surface area contributed by atoms with Gasteiger partial charge in [0.15, 0.2) is 18.9 Å². The number of allylic oxidation sites excluding steroid dienone is 3. The molecule has 0 radical (unpaired) electrons. The zero-order chi connectivity index (χ0) is 78.8. The average molecular weight is 1560 g/mol. The van der Waals surface area contributed by atoms with Gasteiger partial charge in [-0.15, -0.1) is 0 Å². The van der Waals surface area contributed by atoms with E-state index in [0.29, 0.717) is 6.42 Å². The number of amides is 1. The Morgan fingerprint density at radius 1 is 0.321 bits per heavy atom. The molecule has 0 spiro atoms. The average Bonchev–Trinajstić information content (AvgIpc) is 0.760. The van der Waals surface area contributed by atoms with E-state index < -0.39 is 124 Å². The highest BCUT2D eigenvalue weighted by molar-refractivity contribution is 5.76. The highest BCUT2D eigenvalue weighted by Crippen LogP contribution is 2.34. The maximum atomic E-state index is 13.5. The summed E-state index contributed by atoms with van der Waals surface area (Å²) in [5.41, 5.74) is 0. The lowest BCUT2D eigenvalue weighted by Gasteiger charge is -2.48. The van der Waals surface area contributed by atoms with Crippen LogP contribution in [0.25, 0.3) is 0 Å². The standard InChI is InChI=1S/C90H171NO18/c1-3-5-7-9-11-13-15-17-19-21-23-25-27-29-31-32-33-34-35-36-37-38-39-40-42-44-46-48-50-52-54-56-58-60-62-64-66-68-78(96)91-73(74(95)67-65-63-61-59-57-55-53-51-49-47-45-43-41-30-28-26-24-22-20-18-16-14-12-10-8-6-4-2)72-104-88-84(102)81(99)86(76(70-93)106-88)109-90-85(103)82(100)87(77(71-94)107-90)108-89-83(101)80(98)79(97)75(69-92)105-89/h21,23,65,67,73-77,79-90,92-95,97-103H,3-20,22,24-64,66,68-72H2,1-2H3,(H,91,96)/b23-21-,67-65+. The Hall–Kier alpha value is -1.73. The van der Waals surface area contributed by atoms with Crippen LogP contribution >= 0.6 is 0 Å². The summed E-state index contributed by atoms with van der Waals surface area (Å²) in [4.78, 5) is 13.5. The second-order valence-electron chi connectivity index (χ2n) is 33.1. The molecular weight excluding hydrogens is 1380 g/mol. The smallest absolute Gasteiger partial charge is 0.220 e. The molecule has 3 rings (SSSR count). The molecule has 17 unspecified atom stereocenters. The molecular formula is C90H171NO18. The van der Waals surface area contributed by atoms with Crippen molar-refractivity contribution in [2.45, 2.75) is 516 Å². The van der Waals surface area contributed by atoms with Crippen LogP contribution in [0.15, 0.2) is 24.3 Å². The summed E-state index contributed by atoms with van der Waals surface area (Å²) in [5.74, 6) is -0.265. The van der Waals surface area contributed by atoms with E-state index in [-0.39, 0.29) is 18.9 Å². The van der Waals surface area contributed by atoms with E-state index in [1.165, 1.54) is 340 Å². The van der Waals surface area contributed by atoms with Crippen LogP contribution in [0.1, 0.15) is 412 Å². The Morgan fingerprint density at radius 2 is 0.578 bits per heavy atom. The van der Waals surface area contributed by atoms with Crippen molar-refractivity contribution in [1.82, 2.24) is 5.32 Å². The van der Waals surface area contributed by atoms with E-state index in [2.05, 4.69) is 31.3 Å². The van der Waals surface area contributed by atoms with Crippen molar-refractivity contribution < 1.29 is 89.4 Å². The van der Waals surface area contributed by atoms with Crippen LogP contribution in [0.3, 0.4) is 0 Å². The SMILES string of the molecule is CCCCCCCCCC/C=C\CCCCCCCCCCCCCCCCCCCCCCCCCCCC(=O)NC(COC1OC(CO)C(OC2OC(CO)C(OC3OC(CO)C(O)C(O)C3O)C(O)C2O)C(O)C1O)C(O)/C=C/CCCCCCCCCCCCCCCCCCCCCCCCCCC. The van der Waals surface area contributed by atoms with E-state index in [9.17, 15) is 61.0 Å². The highest BCUT2D eigenvalue weighted by atomic mass is 16.8. The number of hydrogen-bond donors (Lipinski definition) is 12. The van der Waals surface area contributed by atoms with Crippen molar-refractivity contribution >= 4 is 5.91 Å². The van der Waals surface area contributed by atoms with Gasteiger partial charge in [-0.1, -0.05) is 385 Å². The quantitative estimate of drug-likeness (QED) is 0.0199. The molecule has 0 aromatic carbocycles. The van der Waals surface area contributed by atoms with Gasteiger partial charge >= 0.3 is 0 Å². The molecule has 17 atom stereocenters. The fraction of sp³-hybridized carbons (Fsp3) is 0.944. The molecule has 12 N–H and O–H groups in total. The van der Waals surface area contributed by atoms with Crippen LogP contribution in [0.4, 0.5) is 0 Å². The van der Waals surface area contributed by atoms with Crippen LogP contribution in [0.5, 0.6) is 0 Å². The number of unbranched alkanes of at least 4 members (excludes halogenated alkanes) is 58. The molecule has 109 heavy (non-hydrogen) atoms. The minimum Gasteiger partial charge on any atom is -0.394 e. The van der Waals surface area contributed by atoms with Gasteiger partial charge in [-0.25, -0.2) is 0 Å². The highest BCUT2D eigenvalue weighted by Gasteiger charge is 2.54. The number of carbonyl (C=O) groups is 1. The minimum absolute atomic E-state index is 0.249. The number of rotatable bonds is 76. The molecule has 0 aromatic heterocycles. The fourth-order valence-electron chi connectivity index (χ4n) is 15.9. The summed E-state index contributed by atoms with van der Waals surface area (Å²) in [6.45, 7) is 1.81. The van der Waals surface area contributed by atoms with Gasteiger partial charge < -0.3 is 89.9 Å². The molecule has 3 saturated heterocycles. The van der Waals surface area contributed by atoms with Crippen molar-refractivity contribution in [2.24, 2.45) is 0 Å². The molecule has 0 aliphatic carbocycles. The van der Waals surface area contributed by atoms with Crippen LogP contribution in [0, 0.1) is 0 Å². The molecule has 3 fully saturated rings. The van der Waals surface area contributed by atoms with Gasteiger partial charge in [-0.3, -0.25) is 4.79 Å². The maximum Gasteiger partial charge on any atom is 0.220 e. The normalized spacial score (nSPS) is 25.3. The van der Waals surface area contributed by atoms with Gasteiger partial charge in [0.25, 0.3) is 0 Å². The molecule has 644 valence electrons. The predicted octanol–water partition coefficient (Wildman–Crippen LogP) is 17.6. The molecule has 3 aliphatic rings. The number of aliphatic hydroxyl groups is 11. The van der Waals surface area contributed by atoms with Gasteiger partial charge in [-0.2, -0.15) is 0 Å². The summed E-state index contributed by atoms with van der Waals surface area (Å²) in [5, 5.41) is 121. The van der Waals surface area contributed by atoms with Crippen molar-refractivity contribution in [1.29, 1.82) is 0 Å². The van der Waals surface area contributed by atoms with Gasteiger partial charge in [-0.05, 0) is 44.9 Å². The predicted molar refractivity (Wildman–Crippen MR) is 439 cm³/mol. The number of aliphatic hydroxyl groups excluding tert-OH is 11. The lowest BCUT2D eigenvalue weighted by molar-refractivity contribution is -0.379. The summed E-state index contributed by atoms with van der Waals surface area (Å²) >= 11 is 0. The largest absolute Gasteiger partial charge is 0.394 e. The minimum atomic E-state index is -1.98. The molecule has 0 bridgehead atoms. The zero-order valence-corrected chi connectivity index (χ0v) is 69.6. The topological polar surface area (TPSA) is 307 Å². The third-order valence-corrected chi connectivity index (χ3v) is 23.2. The Balaban J connectivity index is 1.31. The first-order valence-corrected chi connectivity index (χ1v) is 46.1. The number of ether oxygens (including phenoxy) is 6. The van der Waals surface area contributed by atoms with E-state index in [0.717, 1.165) is 44.9 Å². The Bertz CT molecular complexity index is 2060. The lowest BCUT2D eigenvalue weighted by atomic mass is 9.96. The van der Waals surface area contributed by atoms with Gasteiger partial charge in [0, 0.05) is 6.42 Å². The summed E-state index contributed by atoms with van der Waals surface area (Å²) < 4.78 is 34.5. The maximum absolute atomic E-state index is 13.5. The summed E-state index contributed by atoms with van der Waals surface area (Å²) in [7, 11) is 0. The lowest BCUT2D eigenvalue weighted by Crippen LogP contribution is -2.66. The van der Waals surface area contributed by atoms with Crippen molar-refractivity contribution in [2.75, 3.05) is 26.4 Å². The van der Waals surface area contributed by atoms with Crippen molar-refractivity contribution in [3.63, 3.8) is 0 Å². The molecule has 3 aliphatic heterocycles. The first-order chi connectivity index (χ1) is 53.3. The number of nitrogens with one attached hydrogen (secondary N) is 1. The van der Waals surface area contributed by atoms with Crippen LogP contribution < -0.4 is 5.32 Å². The van der Waals surface area contributed by atoms with E-state index in [1.54, 1.807) is 6.08 Å². The second kappa shape index (κ2) is 70.5. The Morgan fingerprint density at radius 3 is 0.890 bits per heavy atom. The second-order valence-corrected chi connectivity index (χ2v) is 33.1. The Labute approximate surface area is 664 Å². The van der Waals surface area contributed by atoms with Gasteiger partial charge in [0.2, 0.25) is 5.91 Å². The summed E-state index contributed by atoms with van der Waals surface area (Å²) in [6, 6.07) is -0.972. The summed E-state index contributed by atoms with van der Waals surface area (Å²) in [6.07, 6.45) is 62.0. The molecule has 19 heteroatoms.